The van der Waals surface area contributed by atoms with Gasteiger partial charge in [-0.25, -0.2) is 14.1 Å². The van der Waals surface area contributed by atoms with Gasteiger partial charge in [-0.05, 0) is 54.4 Å². The molecule has 0 aliphatic rings. The van der Waals surface area contributed by atoms with Crippen LogP contribution in [0.15, 0.2) is 71.7 Å². The number of rotatable bonds is 5. The summed E-state index contributed by atoms with van der Waals surface area (Å²) < 4.78 is 16.4. The maximum atomic E-state index is 13.4. The third kappa shape index (κ3) is 3.67. The van der Waals surface area contributed by atoms with Crippen LogP contribution in [-0.4, -0.2) is 20.3 Å². The van der Waals surface area contributed by atoms with E-state index in [0.717, 1.165) is 12.0 Å². The van der Waals surface area contributed by atoms with Crippen molar-refractivity contribution in [1.29, 1.82) is 0 Å². The standard InChI is InChI=1S/C22H19FN4O2/c1-2-15-8-10-18(11-9-15)27-22(29)19-7-4-12-24-21(19)26(27)14-20(28)25-17-6-3-5-16(23)13-17/h3-13H,2,14H2,1H3,(H,25,28). The van der Waals surface area contributed by atoms with Crippen LogP contribution < -0.4 is 10.9 Å². The van der Waals surface area contributed by atoms with Gasteiger partial charge in [-0.15, -0.1) is 0 Å². The molecular formula is C22H19FN4O2. The number of hydrogen-bond acceptors (Lipinski definition) is 3. The molecule has 7 heteroatoms. The van der Waals surface area contributed by atoms with Crippen LogP contribution in [0.1, 0.15) is 12.5 Å². The third-order valence-electron chi connectivity index (χ3n) is 4.69. The number of hydrogen-bond donors (Lipinski definition) is 1. The van der Waals surface area contributed by atoms with E-state index in [9.17, 15) is 14.0 Å². The normalized spacial score (nSPS) is 11.0. The first-order valence-corrected chi connectivity index (χ1v) is 9.28. The predicted octanol–water partition coefficient (Wildman–Crippen LogP) is 3.53. The highest BCUT2D eigenvalue weighted by Crippen LogP contribution is 2.15. The summed E-state index contributed by atoms with van der Waals surface area (Å²) in [6.07, 6.45) is 2.46. The summed E-state index contributed by atoms with van der Waals surface area (Å²) in [4.78, 5) is 29.9. The van der Waals surface area contributed by atoms with Gasteiger partial charge < -0.3 is 5.32 Å². The zero-order valence-electron chi connectivity index (χ0n) is 15.8. The summed E-state index contributed by atoms with van der Waals surface area (Å²) in [7, 11) is 0. The molecule has 0 atom stereocenters. The number of carbonyl (C=O) groups excluding carboxylic acids is 1. The number of aryl methyl sites for hydroxylation is 1. The van der Waals surface area contributed by atoms with Crippen LogP contribution in [0.3, 0.4) is 0 Å². The van der Waals surface area contributed by atoms with Crippen molar-refractivity contribution in [3.8, 4) is 5.69 Å². The number of aromatic nitrogens is 3. The maximum Gasteiger partial charge on any atom is 0.280 e. The Labute approximate surface area is 166 Å². The fourth-order valence-corrected chi connectivity index (χ4v) is 3.27. The van der Waals surface area contributed by atoms with E-state index < -0.39 is 11.7 Å². The molecule has 0 fully saturated rings. The van der Waals surface area contributed by atoms with Crippen LogP contribution in [0, 0.1) is 5.82 Å². The van der Waals surface area contributed by atoms with E-state index in [1.165, 1.54) is 27.6 Å². The zero-order chi connectivity index (χ0) is 20.4. The fraction of sp³-hybridized carbons (Fsp3) is 0.136. The van der Waals surface area contributed by atoms with Crippen LogP contribution in [0.5, 0.6) is 0 Å². The quantitative estimate of drug-likeness (QED) is 0.567. The van der Waals surface area contributed by atoms with Crippen molar-refractivity contribution in [2.24, 2.45) is 0 Å². The Morgan fingerprint density at radius 1 is 1.10 bits per heavy atom. The number of nitrogens with one attached hydrogen (secondary N) is 1. The van der Waals surface area contributed by atoms with Crippen molar-refractivity contribution >= 4 is 22.6 Å². The zero-order valence-corrected chi connectivity index (χ0v) is 15.8. The average Bonchev–Trinajstić information content (AvgIpc) is 3.00. The second-order valence-corrected chi connectivity index (χ2v) is 6.63. The Hall–Kier alpha value is -3.74. The van der Waals surface area contributed by atoms with Gasteiger partial charge in [0.2, 0.25) is 5.91 Å². The van der Waals surface area contributed by atoms with E-state index in [2.05, 4.69) is 17.2 Å². The monoisotopic (exact) mass is 390 g/mol. The van der Waals surface area contributed by atoms with Crippen molar-refractivity contribution in [2.45, 2.75) is 19.9 Å². The molecule has 0 saturated heterocycles. The number of halogens is 1. The first kappa shape index (κ1) is 18.6. The summed E-state index contributed by atoms with van der Waals surface area (Å²) in [5.41, 5.74) is 2.29. The van der Waals surface area contributed by atoms with Crippen LogP contribution in [0.25, 0.3) is 16.7 Å². The molecule has 6 nitrogen and oxygen atoms in total. The lowest BCUT2D eigenvalue weighted by Gasteiger charge is -2.13. The summed E-state index contributed by atoms with van der Waals surface area (Å²) in [6, 6.07) is 16.6. The van der Waals surface area contributed by atoms with Gasteiger partial charge in [0, 0.05) is 11.9 Å². The van der Waals surface area contributed by atoms with E-state index in [0.29, 0.717) is 22.4 Å². The van der Waals surface area contributed by atoms with E-state index >= 15 is 0 Å². The number of carbonyl (C=O) groups is 1. The fourth-order valence-electron chi connectivity index (χ4n) is 3.27. The topological polar surface area (TPSA) is 68.9 Å². The molecular weight excluding hydrogens is 371 g/mol. The highest BCUT2D eigenvalue weighted by Gasteiger charge is 2.18. The van der Waals surface area contributed by atoms with Crippen molar-refractivity contribution < 1.29 is 9.18 Å². The SMILES string of the molecule is CCc1ccc(-n2c(=O)c3cccnc3n2CC(=O)Nc2cccc(F)c2)cc1. The van der Waals surface area contributed by atoms with Crippen molar-refractivity contribution in [3.05, 3.63) is 88.6 Å². The van der Waals surface area contributed by atoms with Gasteiger partial charge in [0.05, 0.1) is 11.1 Å². The minimum Gasteiger partial charge on any atom is -0.324 e. The molecule has 2 heterocycles. The Morgan fingerprint density at radius 2 is 1.90 bits per heavy atom. The molecule has 2 aromatic carbocycles. The van der Waals surface area contributed by atoms with Gasteiger partial charge in [0.25, 0.3) is 5.56 Å². The summed E-state index contributed by atoms with van der Waals surface area (Å²) in [5.74, 6) is -0.833. The van der Waals surface area contributed by atoms with Gasteiger partial charge in [0.15, 0.2) is 5.65 Å². The molecule has 0 aliphatic heterocycles. The molecule has 146 valence electrons. The summed E-state index contributed by atoms with van der Waals surface area (Å²) >= 11 is 0. The molecule has 4 rings (SSSR count). The molecule has 4 aromatic rings. The van der Waals surface area contributed by atoms with Crippen LogP contribution in [-0.2, 0) is 17.8 Å². The molecule has 0 saturated carbocycles. The smallest absolute Gasteiger partial charge is 0.280 e. The molecule has 2 aromatic heterocycles. The molecule has 29 heavy (non-hydrogen) atoms. The highest BCUT2D eigenvalue weighted by molar-refractivity contribution is 5.91. The van der Waals surface area contributed by atoms with Gasteiger partial charge in [-0.1, -0.05) is 25.1 Å². The Bertz CT molecular complexity index is 1240. The Kier molecular flexibility index (Phi) is 4.95. The lowest BCUT2D eigenvalue weighted by molar-refractivity contribution is -0.116. The second-order valence-electron chi connectivity index (χ2n) is 6.63. The van der Waals surface area contributed by atoms with Crippen LogP contribution in [0.2, 0.25) is 0 Å². The highest BCUT2D eigenvalue weighted by atomic mass is 19.1. The van der Waals surface area contributed by atoms with Crippen molar-refractivity contribution in [3.63, 3.8) is 0 Å². The second kappa shape index (κ2) is 7.71. The number of nitrogens with zero attached hydrogens (tertiary/aromatic N) is 3. The number of fused-ring (bicyclic) bond motifs is 1. The van der Waals surface area contributed by atoms with Crippen molar-refractivity contribution in [1.82, 2.24) is 14.3 Å². The van der Waals surface area contributed by atoms with E-state index in [4.69, 9.17) is 0 Å². The van der Waals surface area contributed by atoms with E-state index in [-0.39, 0.29) is 12.1 Å². The summed E-state index contributed by atoms with van der Waals surface area (Å²) in [6.45, 7) is 1.90. The molecule has 1 amide bonds. The average molecular weight is 390 g/mol. The lowest BCUT2D eigenvalue weighted by atomic mass is 10.1. The lowest BCUT2D eigenvalue weighted by Crippen LogP contribution is -2.27. The molecule has 0 bridgehead atoms. The van der Waals surface area contributed by atoms with Gasteiger partial charge in [-0.2, -0.15) is 0 Å². The molecule has 0 unspecified atom stereocenters. The first-order chi connectivity index (χ1) is 14.1. The summed E-state index contributed by atoms with van der Waals surface area (Å²) in [5, 5.41) is 3.08. The van der Waals surface area contributed by atoms with E-state index in [1.54, 1.807) is 24.4 Å². The molecule has 0 spiro atoms. The molecule has 1 N–H and O–H groups in total. The number of benzene rings is 2. The molecule has 0 radical (unpaired) electrons. The molecule has 0 aliphatic carbocycles. The number of amides is 1. The van der Waals surface area contributed by atoms with Crippen LogP contribution in [0.4, 0.5) is 10.1 Å². The predicted molar refractivity (Wildman–Crippen MR) is 110 cm³/mol. The van der Waals surface area contributed by atoms with Gasteiger partial charge in [0.1, 0.15) is 12.4 Å². The van der Waals surface area contributed by atoms with Crippen molar-refractivity contribution in [2.75, 3.05) is 5.32 Å². The first-order valence-electron chi connectivity index (χ1n) is 9.28. The number of pyridine rings is 1. The largest absolute Gasteiger partial charge is 0.324 e. The third-order valence-corrected chi connectivity index (χ3v) is 4.69. The Morgan fingerprint density at radius 3 is 2.62 bits per heavy atom. The Balaban J connectivity index is 1.76. The van der Waals surface area contributed by atoms with Gasteiger partial charge in [-0.3, -0.25) is 14.3 Å². The van der Waals surface area contributed by atoms with Crippen LogP contribution >= 0.6 is 0 Å². The van der Waals surface area contributed by atoms with E-state index in [1.807, 2.05) is 24.3 Å². The maximum absolute atomic E-state index is 13.4. The number of anilines is 1. The minimum absolute atomic E-state index is 0.151. The minimum atomic E-state index is -0.441. The van der Waals surface area contributed by atoms with Gasteiger partial charge >= 0.3 is 0 Å².